The molecule has 1 aliphatic carbocycles. The number of amides is 2. The minimum Gasteiger partial charge on any atom is -0.493 e. The maximum absolute atomic E-state index is 13.5. The standard InChI is InChI=1S/C34H39N5O6/c1-20(40)37-24-13-11-21-18-29(43-2)33(44-3)34(45-4)32(21)22-12-14-27(28(41)19-23(22)24)35-16-7-10-31(42)36-17-15-30-38-25-8-5-6-9-26(25)39-30/h5-6,8-9,12,14,18-19,24H,7,10-11,13,15-17H2,1-4H3,(H,35,41)(H,36,42)(H,37,40)(H,38,39)/t24-/m1/s1. The van der Waals surface area contributed by atoms with E-state index in [2.05, 4.69) is 25.9 Å². The number of H-pyrrole nitrogens is 1. The number of nitrogens with one attached hydrogen (secondary N) is 4. The van der Waals surface area contributed by atoms with Crippen molar-refractivity contribution in [3.8, 4) is 28.4 Å². The number of hydrogen-bond acceptors (Lipinski definition) is 8. The Bertz CT molecular complexity index is 1740. The van der Waals surface area contributed by atoms with Gasteiger partial charge in [0.05, 0.1) is 44.1 Å². The van der Waals surface area contributed by atoms with Crippen molar-refractivity contribution in [3.05, 3.63) is 75.7 Å². The van der Waals surface area contributed by atoms with Gasteiger partial charge < -0.3 is 35.1 Å². The molecule has 0 saturated carbocycles. The Balaban J connectivity index is 1.29. The Kier molecular flexibility index (Phi) is 9.86. The first-order chi connectivity index (χ1) is 21.8. The molecule has 1 heterocycles. The number of anilines is 1. The summed E-state index contributed by atoms with van der Waals surface area (Å²) in [6, 6.07) is 14.5. The molecule has 11 nitrogen and oxygen atoms in total. The number of methoxy groups -OCH3 is 3. The van der Waals surface area contributed by atoms with Crippen molar-refractivity contribution in [3.63, 3.8) is 0 Å². The van der Waals surface area contributed by atoms with Crippen molar-refractivity contribution in [1.82, 2.24) is 20.6 Å². The van der Waals surface area contributed by atoms with Gasteiger partial charge >= 0.3 is 0 Å². The van der Waals surface area contributed by atoms with Crippen molar-refractivity contribution in [2.24, 2.45) is 0 Å². The number of aryl methyl sites for hydroxylation is 1. The van der Waals surface area contributed by atoms with E-state index in [9.17, 15) is 14.4 Å². The number of hydrogen-bond donors (Lipinski definition) is 4. The van der Waals surface area contributed by atoms with E-state index in [1.165, 1.54) is 6.92 Å². The predicted molar refractivity (Wildman–Crippen MR) is 173 cm³/mol. The Morgan fingerprint density at radius 1 is 1.00 bits per heavy atom. The molecule has 1 aliphatic rings. The monoisotopic (exact) mass is 613 g/mol. The number of carbonyl (C=O) groups excluding carboxylic acids is 2. The molecule has 0 saturated heterocycles. The highest BCUT2D eigenvalue weighted by Crippen LogP contribution is 2.50. The second-order valence-corrected chi connectivity index (χ2v) is 10.9. The summed E-state index contributed by atoms with van der Waals surface area (Å²) in [5.74, 6) is 2.06. The molecule has 45 heavy (non-hydrogen) atoms. The third-order valence-corrected chi connectivity index (χ3v) is 7.93. The number of imidazole rings is 1. The van der Waals surface area contributed by atoms with Gasteiger partial charge in [0.15, 0.2) is 11.5 Å². The van der Waals surface area contributed by atoms with Gasteiger partial charge in [-0.2, -0.15) is 0 Å². The number of benzene rings is 2. The van der Waals surface area contributed by atoms with E-state index in [4.69, 9.17) is 14.2 Å². The Hall–Kier alpha value is -5.06. The van der Waals surface area contributed by atoms with Gasteiger partial charge in [0, 0.05) is 38.4 Å². The zero-order valence-corrected chi connectivity index (χ0v) is 26.0. The average molecular weight is 614 g/mol. The van der Waals surface area contributed by atoms with Crippen LogP contribution >= 0.6 is 0 Å². The number of carbonyl (C=O) groups is 2. The summed E-state index contributed by atoms with van der Waals surface area (Å²) >= 11 is 0. The summed E-state index contributed by atoms with van der Waals surface area (Å²) in [7, 11) is 4.69. The van der Waals surface area contributed by atoms with Gasteiger partial charge in [-0.3, -0.25) is 14.4 Å². The van der Waals surface area contributed by atoms with Gasteiger partial charge in [-0.05, 0) is 66.3 Å². The van der Waals surface area contributed by atoms with E-state index in [-0.39, 0.29) is 23.3 Å². The minimum atomic E-state index is -0.386. The maximum Gasteiger partial charge on any atom is 0.220 e. The van der Waals surface area contributed by atoms with Crippen molar-refractivity contribution >= 4 is 28.5 Å². The fourth-order valence-corrected chi connectivity index (χ4v) is 5.86. The number of aromatic nitrogens is 2. The summed E-state index contributed by atoms with van der Waals surface area (Å²) in [5, 5.41) is 9.15. The smallest absolute Gasteiger partial charge is 0.220 e. The quantitative estimate of drug-likeness (QED) is 0.173. The van der Waals surface area contributed by atoms with E-state index in [0.29, 0.717) is 73.7 Å². The van der Waals surface area contributed by atoms with Crippen LogP contribution in [-0.2, 0) is 22.4 Å². The highest BCUT2D eigenvalue weighted by atomic mass is 16.5. The van der Waals surface area contributed by atoms with Gasteiger partial charge in [0.2, 0.25) is 23.0 Å². The lowest BCUT2D eigenvalue weighted by atomic mass is 9.95. The molecule has 0 bridgehead atoms. The second kappa shape index (κ2) is 14.1. The van der Waals surface area contributed by atoms with Crippen LogP contribution in [0, 0.1) is 0 Å². The first-order valence-corrected chi connectivity index (χ1v) is 15.0. The summed E-state index contributed by atoms with van der Waals surface area (Å²) in [6.45, 7) is 2.38. The van der Waals surface area contributed by atoms with Crippen molar-refractivity contribution < 1.29 is 23.8 Å². The van der Waals surface area contributed by atoms with Gasteiger partial charge in [0.25, 0.3) is 0 Å². The first-order valence-electron chi connectivity index (χ1n) is 15.0. The van der Waals surface area contributed by atoms with Crippen LogP contribution < -0.4 is 35.6 Å². The fourth-order valence-electron chi connectivity index (χ4n) is 5.86. The maximum atomic E-state index is 13.5. The zero-order chi connectivity index (χ0) is 31.9. The van der Waals surface area contributed by atoms with Crippen LogP contribution in [0.15, 0.2) is 53.3 Å². The number of nitrogens with zero attached hydrogens (tertiary/aromatic N) is 1. The zero-order valence-electron chi connectivity index (χ0n) is 26.0. The van der Waals surface area contributed by atoms with Crippen LogP contribution in [0.3, 0.4) is 0 Å². The van der Waals surface area contributed by atoms with Gasteiger partial charge in [-0.1, -0.05) is 18.2 Å². The molecule has 5 rings (SSSR count). The van der Waals surface area contributed by atoms with Crippen LogP contribution in [-0.4, -0.2) is 56.2 Å². The second-order valence-electron chi connectivity index (χ2n) is 10.9. The summed E-state index contributed by atoms with van der Waals surface area (Å²) in [6.07, 6.45) is 2.66. The number of fused-ring (bicyclic) bond motifs is 4. The van der Waals surface area contributed by atoms with Gasteiger partial charge in [-0.15, -0.1) is 0 Å². The molecule has 1 atom stereocenters. The molecule has 0 aliphatic heterocycles. The van der Waals surface area contributed by atoms with E-state index >= 15 is 0 Å². The first kappa shape index (κ1) is 31.4. The van der Waals surface area contributed by atoms with Crippen molar-refractivity contribution in [2.75, 3.05) is 39.7 Å². The molecule has 0 spiro atoms. The Morgan fingerprint density at radius 3 is 2.53 bits per heavy atom. The molecule has 0 fully saturated rings. The molecule has 4 N–H and O–H groups in total. The van der Waals surface area contributed by atoms with Crippen molar-refractivity contribution in [1.29, 1.82) is 0 Å². The van der Waals surface area contributed by atoms with Crippen LogP contribution in [0.25, 0.3) is 22.2 Å². The molecule has 1 aromatic heterocycles. The molecule has 4 aromatic rings. The number of ether oxygens (including phenoxy) is 3. The Morgan fingerprint density at radius 2 is 1.80 bits per heavy atom. The van der Waals surface area contributed by atoms with E-state index in [1.807, 2.05) is 36.4 Å². The summed E-state index contributed by atoms with van der Waals surface area (Å²) in [4.78, 5) is 45.9. The van der Waals surface area contributed by atoms with E-state index in [0.717, 1.165) is 33.5 Å². The lowest BCUT2D eigenvalue weighted by molar-refractivity contribution is -0.121. The molecular formula is C34H39N5O6. The summed E-state index contributed by atoms with van der Waals surface area (Å²) in [5.41, 5.74) is 5.26. The number of rotatable bonds is 12. The van der Waals surface area contributed by atoms with Crippen molar-refractivity contribution in [2.45, 2.75) is 45.1 Å². The average Bonchev–Trinajstić information content (AvgIpc) is 3.30. The predicted octanol–water partition coefficient (Wildman–Crippen LogP) is 4.29. The van der Waals surface area contributed by atoms with Crippen LogP contribution in [0.1, 0.15) is 49.2 Å². The topological polar surface area (TPSA) is 144 Å². The molecule has 0 radical (unpaired) electrons. The Labute approximate surface area is 261 Å². The lowest BCUT2D eigenvalue weighted by Gasteiger charge is -2.19. The molecule has 3 aromatic carbocycles. The van der Waals surface area contributed by atoms with E-state index < -0.39 is 0 Å². The third kappa shape index (κ3) is 7.03. The highest BCUT2D eigenvalue weighted by Gasteiger charge is 2.29. The number of para-hydroxylation sites is 2. The largest absolute Gasteiger partial charge is 0.493 e. The van der Waals surface area contributed by atoms with Crippen LogP contribution in [0.2, 0.25) is 0 Å². The van der Waals surface area contributed by atoms with Crippen LogP contribution in [0.5, 0.6) is 17.2 Å². The fraction of sp³-hybridized carbons (Fsp3) is 0.353. The summed E-state index contributed by atoms with van der Waals surface area (Å²) < 4.78 is 17.1. The third-order valence-electron chi connectivity index (χ3n) is 7.93. The lowest BCUT2D eigenvalue weighted by Crippen LogP contribution is -2.27. The minimum absolute atomic E-state index is 0.0631. The van der Waals surface area contributed by atoms with Gasteiger partial charge in [0.1, 0.15) is 5.82 Å². The molecular weight excluding hydrogens is 574 g/mol. The van der Waals surface area contributed by atoms with Gasteiger partial charge in [-0.25, -0.2) is 4.98 Å². The van der Waals surface area contributed by atoms with Crippen LogP contribution in [0.4, 0.5) is 5.69 Å². The molecule has 11 heteroatoms. The molecule has 0 unspecified atom stereocenters. The molecule has 2 amide bonds. The van der Waals surface area contributed by atoms with E-state index in [1.54, 1.807) is 33.5 Å². The highest BCUT2D eigenvalue weighted by molar-refractivity contribution is 5.84. The normalized spacial score (nSPS) is 13.6. The number of aromatic amines is 1. The molecule has 236 valence electrons. The SMILES string of the molecule is COc1cc2c(c(OC)c1OC)-c1ccc(NCCCC(=O)NCCc3nc4ccccc4[nH]3)c(=O)cc1[C@H](NC(C)=O)CC2.